The zero-order chi connectivity index (χ0) is 13.9. The molecule has 1 saturated heterocycles. The van der Waals surface area contributed by atoms with E-state index in [1.807, 2.05) is 11.3 Å². The topological polar surface area (TPSA) is 24.5 Å². The van der Waals surface area contributed by atoms with E-state index in [1.165, 1.54) is 31.4 Å². The van der Waals surface area contributed by atoms with Crippen LogP contribution in [0.3, 0.4) is 0 Å². The van der Waals surface area contributed by atoms with Gasteiger partial charge in [0.25, 0.3) is 0 Å². The number of rotatable bonds is 5. The highest BCUT2D eigenvalue weighted by molar-refractivity contribution is 7.10. The van der Waals surface area contributed by atoms with Crippen LogP contribution in [-0.2, 0) is 17.7 Å². The number of hydrogen-bond donors (Lipinski definition) is 1. The predicted octanol–water partition coefficient (Wildman–Crippen LogP) is 2.65. The maximum Gasteiger partial charge on any atom is 0.0707 e. The van der Waals surface area contributed by atoms with Gasteiger partial charge in [0.2, 0.25) is 0 Å². The lowest BCUT2D eigenvalue weighted by molar-refractivity contribution is 0.0202. The van der Waals surface area contributed by atoms with E-state index in [9.17, 15) is 0 Å². The Kier molecular flexibility index (Phi) is 4.76. The molecule has 2 aliphatic rings. The quantitative estimate of drug-likeness (QED) is 0.903. The molecule has 0 aliphatic carbocycles. The molecule has 0 amide bonds. The third-order valence-corrected chi connectivity index (χ3v) is 5.32. The molecular weight excluding hydrogens is 268 g/mol. The zero-order valence-electron chi connectivity index (χ0n) is 12.6. The Balaban J connectivity index is 1.44. The van der Waals surface area contributed by atoms with Gasteiger partial charge in [-0.1, -0.05) is 13.8 Å². The van der Waals surface area contributed by atoms with Crippen LogP contribution in [0.1, 0.15) is 37.1 Å². The molecule has 20 heavy (non-hydrogen) atoms. The third kappa shape index (κ3) is 3.61. The minimum absolute atomic E-state index is 0.420. The average molecular weight is 294 g/mol. The molecule has 3 nitrogen and oxygen atoms in total. The zero-order valence-corrected chi connectivity index (χ0v) is 13.4. The van der Waals surface area contributed by atoms with Crippen molar-refractivity contribution in [3.8, 4) is 0 Å². The van der Waals surface area contributed by atoms with Crippen LogP contribution in [0.25, 0.3) is 0 Å². The van der Waals surface area contributed by atoms with Gasteiger partial charge in [0.15, 0.2) is 0 Å². The molecule has 1 fully saturated rings. The van der Waals surface area contributed by atoms with E-state index in [-0.39, 0.29) is 0 Å². The number of fused-ring (bicyclic) bond motifs is 1. The van der Waals surface area contributed by atoms with Gasteiger partial charge in [-0.05, 0) is 36.3 Å². The molecule has 112 valence electrons. The summed E-state index contributed by atoms with van der Waals surface area (Å²) in [6.45, 7) is 8.81. The Morgan fingerprint density at radius 1 is 1.40 bits per heavy atom. The first-order valence-electron chi connectivity index (χ1n) is 7.87. The Morgan fingerprint density at radius 3 is 3.10 bits per heavy atom. The van der Waals surface area contributed by atoms with Crippen LogP contribution in [0, 0.1) is 0 Å². The summed E-state index contributed by atoms with van der Waals surface area (Å²) in [7, 11) is 0. The SMILES string of the molecule is CC(C)NCC1CCC(CN2CCc3sccc3C2)O1. The van der Waals surface area contributed by atoms with Crippen LogP contribution in [0.15, 0.2) is 11.4 Å². The molecule has 0 aromatic carbocycles. The lowest BCUT2D eigenvalue weighted by atomic mass is 10.1. The average Bonchev–Trinajstić information content (AvgIpc) is 3.04. The molecule has 2 unspecified atom stereocenters. The highest BCUT2D eigenvalue weighted by atomic mass is 32.1. The summed E-state index contributed by atoms with van der Waals surface area (Å²) in [5, 5.41) is 5.71. The molecule has 0 saturated carbocycles. The molecule has 2 aliphatic heterocycles. The van der Waals surface area contributed by atoms with Gasteiger partial charge in [0.05, 0.1) is 12.2 Å². The van der Waals surface area contributed by atoms with Gasteiger partial charge in [-0.25, -0.2) is 0 Å². The molecule has 0 spiro atoms. The number of hydrogen-bond acceptors (Lipinski definition) is 4. The normalized spacial score (nSPS) is 27.1. The van der Waals surface area contributed by atoms with E-state index >= 15 is 0 Å². The molecule has 1 aromatic rings. The van der Waals surface area contributed by atoms with Gasteiger partial charge in [-0.3, -0.25) is 4.90 Å². The molecule has 0 radical (unpaired) electrons. The monoisotopic (exact) mass is 294 g/mol. The van der Waals surface area contributed by atoms with Crippen molar-refractivity contribution < 1.29 is 4.74 Å². The number of ether oxygens (including phenoxy) is 1. The van der Waals surface area contributed by atoms with Gasteiger partial charge in [-0.2, -0.15) is 0 Å². The van der Waals surface area contributed by atoms with Crippen molar-refractivity contribution in [2.45, 2.75) is 57.9 Å². The Bertz CT molecular complexity index is 432. The summed E-state index contributed by atoms with van der Waals surface area (Å²) in [6, 6.07) is 2.84. The van der Waals surface area contributed by atoms with Crippen molar-refractivity contribution in [1.29, 1.82) is 0 Å². The largest absolute Gasteiger partial charge is 0.372 e. The van der Waals surface area contributed by atoms with Crippen LogP contribution >= 0.6 is 11.3 Å². The summed E-state index contributed by atoms with van der Waals surface area (Å²) in [4.78, 5) is 4.16. The number of nitrogens with one attached hydrogen (secondary N) is 1. The van der Waals surface area contributed by atoms with Crippen molar-refractivity contribution in [3.05, 3.63) is 21.9 Å². The fourth-order valence-electron chi connectivity index (χ4n) is 3.18. The van der Waals surface area contributed by atoms with Crippen LogP contribution < -0.4 is 5.32 Å². The van der Waals surface area contributed by atoms with Crippen molar-refractivity contribution in [1.82, 2.24) is 10.2 Å². The molecule has 0 bridgehead atoms. The predicted molar refractivity (Wildman–Crippen MR) is 84.3 cm³/mol. The van der Waals surface area contributed by atoms with Crippen LogP contribution in [0.5, 0.6) is 0 Å². The summed E-state index contributed by atoms with van der Waals surface area (Å²) in [5.74, 6) is 0. The van der Waals surface area contributed by atoms with E-state index in [4.69, 9.17) is 4.74 Å². The van der Waals surface area contributed by atoms with Crippen molar-refractivity contribution in [2.75, 3.05) is 19.6 Å². The van der Waals surface area contributed by atoms with E-state index in [0.29, 0.717) is 18.2 Å². The molecule has 3 heterocycles. The first-order valence-corrected chi connectivity index (χ1v) is 8.75. The Labute approximate surface area is 126 Å². The van der Waals surface area contributed by atoms with Crippen LogP contribution in [-0.4, -0.2) is 42.8 Å². The van der Waals surface area contributed by atoms with Gasteiger partial charge in [0.1, 0.15) is 0 Å². The molecule has 3 rings (SSSR count). The molecule has 2 atom stereocenters. The lowest BCUT2D eigenvalue weighted by Crippen LogP contribution is -2.37. The highest BCUT2D eigenvalue weighted by Gasteiger charge is 2.28. The minimum atomic E-state index is 0.420. The third-order valence-electron chi connectivity index (χ3n) is 4.30. The summed E-state index contributed by atoms with van der Waals surface area (Å²) < 4.78 is 6.18. The van der Waals surface area contributed by atoms with E-state index in [2.05, 4.69) is 35.5 Å². The Hall–Kier alpha value is -0.420. The van der Waals surface area contributed by atoms with Crippen LogP contribution in [0.4, 0.5) is 0 Å². The fraction of sp³-hybridized carbons (Fsp3) is 0.750. The Morgan fingerprint density at radius 2 is 2.25 bits per heavy atom. The summed E-state index contributed by atoms with van der Waals surface area (Å²) in [6.07, 6.45) is 4.51. The van der Waals surface area contributed by atoms with Gasteiger partial charge in [-0.15, -0.1) is 11.3 Å². The number of thiophene rings is 1. The first kappa shape index (κ1) is 14.5. The van der Waals surface area contributed by atoms with Crippen molar-refractivity contribution in [3.63, 3.8) is 0 Å². The minimum Gasteiger partial charge on any atom is -0.372 e. The number of nitrogens with zero attached hydrogens (tertiary/aromatic N) is 1. The second kappa shape index (κ2) is 6.56. The molecule has 1 aromatic heterocycles. The maximum absolute atomic E-state index is 6.18. The van der Waals surface area contributed by atoms with E-state index < -0.39 is 0 Å². The molecule has 4 heteroatoms. The second-order valence-electron chi connectivity index (χ2n) is 6.37. The second-order valence-corrected chi connectivity index (χ2v) is 7.38. The van der Waals surface area contributed by atoms with Gasteiger partial charge in [0, 0.05) is 37.1 Å². The van der Waals surface area contributed by atoms with Gasteiger partial charge < -0.3 is 10.1 Å². The van der Waals surface area contributed by atoms with Gasteiger partial charge >= 0.3 is 0 Å². The fourth-order valence-corrected chi connectivity index (χ4v) is 4.07. The van der Waals surface area contributed by atoms with E-state index in [0.717, 1.165) is 19.6 Å². The maximum atomic E-state index is 6.18. The highest BCUT2D eigenvalue weighted by Crippen LogP contribution is 2.26. The smallest absolute Gasteiger partial charge is 0.0707 e. The summed E-state index contributed by atoms with van der Waals surface area (Å²) >= 11 is 1.91. The summed E-state index contributed by atoms with van der Waals surface area (Å²) in [5.41, 5.74) is 1.54. The van der Waals surface area contributed by atoms with Crippen molar-refractivity contribution in [2.24, 2.45) is 0 Å². The van der Waals surface area contributed by atoms with Crippen LogP contribution in [0.2, 0.25) is 0 Å². The standard InChI is InChI=1S/C16H26N2OS/c1-12(2)17-9-14-3-4-15(19-14)11-18-7-5-16-13(10-18)6-8-20-16/h6,8,12,14-15,17H,3-5,7,9-11H2,1-2H3. The van der Waals surface area contributed by atoms with Crippen molar-refractivity contribution >= 4 is 11.3 Å². The van der Waals surface area contributed by atoms with E-state index in [1.54, 1.807) is 4.88 Å². The first-order chi connectivity index (χ1) is 9.70. The lowest BCUT2D eigenvalue weighted by Gasteiger charge is -2.29. The molecule has 1 N–H and O–H groups in total. The molecular formula is C16H26N2OS.